The molecule has 1 unspecified atom stereocenters. The molecule has 6 nitrogen and oxygen atoms in total. The van der Waals surface area contributed by atoms with Crippen molar-refractivity contribution >= 4 is 5.96 Å². The van der Waals surface area contributed by atoms with E-state index in [4.69, 9.17) is 9.15 Å². The van der Waals surface area contributed by atoms with E-state index in [2.05, 4.69) is 15.6 Å². The Balaban J connectivity index is 1.93. The summed E-state index contributed by atoms with van der Waals surface area (Å²) in [4.78, 5) is 4.52. The summed E-state index contributed by atoms with van der Waals surface area (Å²) in [5.74, 6) is 1.56. The molecule has 0 radical (unpaired) electrons. The predicted molar refractivity (Wildman–Crippen MR) is 98.6 cm³/mol. The monoisotopic (exact) mass is 345 g/mol. The van der Waals surface area contributed by atoms with Gasteiger partial charge in [0.25, 0.3) is 0 Å². The van der Waals surface area contributed by atoms with Gasteiger partial charge in [-0.05, 0) is 24.6 Å². The molecular formula is C19H27N3O3. The lowest BCUT2D eigenvalue weighted by Gasteiger charge is -2.22. The molecule has 3 N–H and O–H groups in total. The molecule has 0 bridgehead atoms. The third-order valence-electron chi connectivity index (χ3n) is 3.78. The summed E-state index contributed by atoms with van der Waals surface area (Å²) in [5, 5.41) is 17.1. The van der Waals surface area contributed by atoms with E-state index in [0.717, 1.165) is 17.7 Å². The van der Waals surface area contributed by atoms with E-state index in [-0.39, 0.29) is 6.54 Å². The van der Waals surface area contributed by atoms with Crippen LogP contribution in [0.1, 0.15) is 18.2 Å². The average Bonchev–Trinajstić information content (AvgIpc) is 3.13. The Hall–Kier alpha value is -2.31. The first-order valence-corrected chi connectivity index (χ1v) is 8.43. The summed E-state index contributed by atoms with van der Waals surface area (Å²) in [6.07, 6.45) is 2.42. The minimum Gasteiger partial charge on any atom is -0.469 e. The van der Waals surface area contributed by atoms with Crippen LogP contribution in [0.5, 0.6) is 0 Å². The van der Waals surface area contributed by atoms with E-state index in [0.29, 0.717) is 25.7 Å². The summed E-state index contributed by atoms with van der Waals surface area (Å²) in [5.41, 5.74) is -0.191. The summed E-state index contributed by atoms with van der Waals surface area (Å²) >= 11 is 0. The molecule has 6 heteroatoms. The van der Waals surface area contributed by atoms with Crippen LogP contribution in [0, 0.1) is 0 Å². The van der Waals surface area contributed by atoms with E-state index in [1.807, 2.05) is 42.5 Å². The quantitative estimate of drug-likeness (QED) is 0.368. The number of hydrogen-bond donors (Lipinski definition) is 3. The zero-order valence-electron chi connectivity index (χ0n) is 14.9. The third kappa shape index (κ3) is 6.60. The van der Waals surface area contributed by atoms with Crippen LogP contribution in [-0.4, -0.2) is 44.4 Å². The van der Waals surface area contributed by atoms with Crippen molar-refractivity contribution in [3.8, 4) is 0 Å². The highest BCUT2D eigenvalue weighted by Gasteiger charge is 2.22. The van der Waals surface area contributed by atoms with E-state index >= 15 is 0 Å². The van der Waals surface area contributed by atoms with Crippen molar-refractivity contribution in [2.75, 3.05) is 33.4 Å². The normalized spacial score (nSPS) is 14.1. The number of methoxy groups -OCH3 is 1. The van der Waals surface area contributed by atoms with Gasteiger partial charge in [0.1, 0.15) is 11.4 Å². The maximum Gasteiger partial charge on any atom is 0.191 e. The van der Waals surface area contributed by atoms with Crippen molar-refractivity contribution in [3.63, 3.8) is 0 Å². The Labute approximate surface area is 148 Å². The topological polar surface area (TPSA) is 79.0 Å². The van der Waals surface area contributed by atoms with Gasteiger partial charge in [-0.1, -0.05) is 30.3 Å². The smallest absolute Gasteiger partial charge is 0.191 e. The lowest BCUT2D eigenvalue weighted by molar-refractivity contribution is 0.0672. The second-order valence-corrected chi connectivity index (χ2v) is 5.98. The molecule has 1 aromatic heterocycles. The van der Waals surface area contributed by atoms with Crippen LogP contribution in [0.4, 0.5) is 0 Å². The van der Waals surface area contributed by atoms with Gasteiger partial charge >= 0.3 is 0 Å². The van der Waals surface area contributed by atoms with Crippen LogP contribution in [0.25, 0.3) is 0 Å². The van der Waals surface area contributed by atoms with Crippen molar-refractivity contribution in [2.45, 2.75) is 18.9 Å². The van der Waals surface area contributed by atoms with Crippen LogP contribution < -0.4 is 10.6 Å². The molecule has 136 valence electrons. The van der Waals surface area contributed by atoms with Crippen LogP contribution in [0.3, 0.4) is 0 Å². The highest BCUT2D eigenvalue weighted by molar-refractivity contribution is 5.79. The number of aliphatic imine (C=N–C) groups is 1. The molecule has 2 aromatic rings. The van der Waals surface area contributed by atoms with Gasteiger partial charge in [-0.3, -0.25) is 0 Å². The molecule has 0 saturated heterocycles. The molecule has 1 atom stereocenters. The number of hydrogen-bond acceptors (Lipinski definition) is 4. The Kier molecular flexibility index (Phi) is 7.50. The molecule has 0 aliphatic rings. The fraction of sp³-hybridized carbons (Fsp3) is 0.421. The fourth-order valence-corrected chi connectivity index (χ4v) is 2.33. The largest absolute Gasteiger partial charge is 0.469 e. The highest BCUT2D eigenvalue weighted by atomic mass is 16.5. The van der Waals surface area contributed by atoms with E-state index in [1.54, 1.807) is 20.3 Å². The Morgan fingerprint density at radius 1 is 1.16 bits per heavy atom. The maximum absolute atomic E-state index is 10.7. The number of nitrogens with zero attached hydrogens (tertiary/aromatic N) is 1. The molecule has 0 saturated carbocycles. The Morgan fingerprint density at radius 3 is 2.60 bits per heavy atom. The van der Waals surface area contributed by atoms with Crippen molar-refractivity contribution < 1.29 is 14.3 Å². The number of benzene rings is 1. The minimum absolute atomic E-state index is 0.250. The van der Waals surface area contributed by atoms with Gasteiger partial charge in [-0.2, -0.15) is 0 Å². The van der Waals surface area contributed by atoms with Crippen molar-refractivity contribution in [2.24, 2.45) is 4.99 Å². The number of ether oxygens (including phenoxy) is 1. The average molecular weight is 345 g/mol. The Morgan fingerprint density at radius 2 is 1.92 bits per heavy atom. The molecule has 0 aliphatic heterocycles. The summed E-state index contributed by atoms with van der Waals surface area (Å²) in [6, 6.07) is 13.4. The van der Waals surface area contributed by atoms with Gasteiger partial charge in [0.05, 0.1) is 19.4 Å². The molecule has 0 fully saturated rings. The molecule has 1 aromatic carbocycles. The standard InChI is InChI=1S/C19H27N3O3/c1-19(23,16-7-4-3-5-8-16)15-22-18(21-12-14-24-2)20-11-10-17-9-6-13-25-17/h3-9,13,23H,10-12,14-15H2,1-2H3,(H2,20,21,22). The zero-order valence-corrected chi connectivity index (χ0v) is 14.9. The van der Waals surface area contributed by atoms with Crippen LogP contribution in [-0.2, 0) is 16.8 Å². The molecule has 0 spiro atoms. The number of nitrogens with one attached hydrogen (secondary N) is 2. The molecule has 1 heterocycles. The highest BCUT2D eigenvalue weighted by Crippen LogP contribution is 2.20. The van der Waals surface area contributed by atoms with Crippen LogP contribution >= 0.6 is 0 Å². The first kappa shape index (κ1) is 19.0. The lowest BCUT2D eigenvalue weighted by atomic mass is 9.96. The van der Waals surface area contributed by atoms with Gasteiger partial charge in [0, 0.05) is 26.6 Å². The van der Waals surface area contributed by atoms with Gasteiger partial charge in [0.15, 0.2) is 5.96 Å². The van der Waals surface area contributed by atoms with Gasteiger partial charge in [-0.25, -0.2) is 4.99 Å². The molecule has 0 aliphatic carbocycles. The van der Waals surface area contributed by atoms with Gasteiger partial charge in [-0.15, -0.1) is 0 Å². The summed E-state index contributed by atoms with van der Waals surface area (Å²) in [6.45, 7) is 3.91. The first-order valence-electron chi connectivity index (χ1n) is 8.43. The maximum atomic E-state index is 10.7. The number of aliphatic hydroxyl groups is 1. The van der Waals surface area contributed by atoms with Crippen molar-refractivity contribution in [1.29, 1.82) is 0 Å². The van der Waals surface area contributed by atoms with Crippen molar-refractivity contribution in [3.05, 3.63) is 60.1 Å². The zero-order chi connectivity index (χ0) is 18.0. The number of rotatable bonds is 9. The van der Waals surface area contributed by atoms with Gasteiger partial charge < -0.3 is 24.9 Å². The second kappa shape index (κ2) is 9.86. The van der Waals surface area contributed by atoms with Crippen LogP contribution in [0.2, 0.25) is 0 Å². The second-order valence-electron chi connectivity index (χ2n) is 5.98. The molecule has 0 amide bonds. The lowest BCUT2D eigenvalue weighted by Crippen LogP contribution is -2.41. The predicted octanol–water partition coefficient (Wildman–Crippen LogP) is 1.91. The minimum atomic E-state index is -1.03. The van der Waals surface area contributed by atoms with Crippen molar-refractivity contribution in [1.82, 2.24) is 10.6 Å². The van der Waals surface area contributed by atoms with E-state index in [1.165, 1.54) is 0 Å². The number of guanidine groups is 1. The van der Waals surface area contributed by atoms with E-state index < -0.39 is 5.60 Å². The van der Waals surface area contributed by atoms with Gasteiger partial charge in [0.2, 0.25) is 0 Å². The molecule has 25 heavy (non-hydrogen) atoms. The SMILES string of the molecule is COCCNC(=NCC(C)(O)c1ccccc1)NCCc1ccco1. The Bertz CT molecular complexity index is 625. The fourth-order valence-electron chi connectivity index (χ4n) is 2.33. The van der Waals surface area contributed by atoms with E-state index in [9.17, 15) is 5.11 Å². The first-order chi connectivity index (χ1) is 12.1. The molecular weight excluding hydrogens is 318 g/mol. The summed E-state index contributed by atoms with van der Waals surface area (Å²) < 4.78 is 10.4. The van der Waals surface area contributed by atoms with Crippen LogP contribution in [0.15, 0.2) is 58.1 Å². The third-order valence-corrected chi connectivity index (χ3v) is 3.78. The summed E-state index contributed by atoms with van der Waals surface area (Å²) in [7, 11) is 1.66. The molecule has 2 rings (SSSR count). The number of furan rings is 1.